The molecular weight excluding hydrogens is 296 g/mol. The van der Waals surface area contributed by atoms with Crippen molar-refractivity contribution in [2.45, 2.75) is 38.7 Å². The van der Waals surface area contributed by atoms with Crippen molar-refractivity contribution in [2.75, 3.05) is 6.79 Å². The van der Waals surface area contributed by atoms with Gasteiger partial charge in [0, 0.05) is 21.9 Å². The zero-order valence-electron chi connectivity index (χ0n) is 11.9. The molecule has 2 N–H and O–H groups in total. The Bertz CT molecular complexity index is 527. The summed E-state index contributed by atoms with van der Waals surface area (Å²) in [5.41, 5.74) is 7.76. The van der Waals surface area contributed by atoms with Gasteiger partial charge in [-0.3, -0.25) is 4.99 Å². The van der Waals surface area contributed by atoms with Crippen molar-refractivity contribution in [3.63, 3.8) is 0 Å². The lowest BCUT2D eigenvalue weighted by Gasteiger charge is -2.21. The maximum Gasteiger partial charge on any atom is 0.189 e. The van der Waals surface area contributed by atoms with Gasteiger partial charge in [0.05, 0.1) is 12.1 Å². The molecule has 0 amide bonds. The number of rotatable bonds is 2. The molecule has 1 aromatic rings. The number of halogens is 1. The molecule has 0 unspecified atom stereocenters. The maximum absolute atomic E-state index is 6.12. The molecule has 6 heteroatoms. The highest BCUT2D eigenvalue weighted by Gasteiger charge is 2.17. The van der Waals surface area contributed by atoms with Gasteiger partial charge in [-0.2, -0.15) is 0 Å². The first-order valence-corrected chi connectivity index (χ1v) is 7.71. The number of nitrogens with zero attached hydrogens (tertiary/aromatic N) is 1. The number of nitrogens with two attached hydrogens (primary N) is 1. The lowest BCUT2D eigenvalue weighted by molar-refractivity contribution is -0.0168. The minimum absolute atomic E-state index is 0.171. The maximum atomic E-state index is 6.12. The molecule has 0 atom stereocenters. The molecule has 0 radical (unpaired) electrons. The predicted molar refractivity (Wildman–Crippen MR) is 84.4 cm³/mol. The zero-order valence-corrected chi connectivity index (χ0v) is 13.5. The van der Waals surface area contributed by atoms with Gasteiger partial charge in [-0.15, -0.1) is 0 Å². The van der Waals surface area contributed by atoms with Gasteiger partial charge in [0.2, 0.25) is 0 Å². The Balaban J connectivity index is 2.14. The molecule has 0 fully saturated rings. The Morgan fingerprint density at radius 3 is 2.90 bits per heavy atom. The van der Waals surface area contributed by atoms with E-state index in [0.29, 0.717) is 22.6 Å². The Morgan fingerprint density at radius 2 is 2.20 bits per heavy atom. The zero-order chi connectivity index (χ0) is 14.8. The Morgan fingerprint density at radius 1 is 1.45 bits per heavy atom. The van der Waals surface area contributed by atoms with Crippen LogP contribution in [0.25, 0.3) is 0 Å². The van der Waals surface area contributed by atoms with Crippen molar-refractivity contribution < 1.29 is 9.47 Å². The van der Waals surface area contributed by atoms with Crippen molar-refractivity contribution in [3.05, 3.63) is 28.3 Å². The monoisotopic (exact) mass is 314 g/mol. The Hall–Kier alpha value is -0.910. The van der Waals surface area contributed by atoms with Crippen LogP contribution in [0.2, 0.25) is 5.02 Å². The summed E-state index contributed by atoms with van der Waals surface area (Å²) in [5.74, 6) is 1.53. The van der Waals surface area contributed by atoms with Crippen LogP contribution in [0, 0.1) is 0 Å². The molecule has 0 saturated carbocycles. The van der Waals surface area contributed by atoms with Gasteiger partial charge in [0.15, 0.2) is 12.0 Å². The smallest absolute Gasteiger partial charge is 0.189 e. The average molecular weight is 315 g/mol. The number of aliphatic imine (C=N–C) groups is 1. The summed E-state index contributed by atoms with van der Waals surface area (Å²) >= 11 is 7.61. The summed E-state index contributed by atoms with van der Waals surface area (Å²) in [6, 6.07) is 3.78. The van der Waals surface area contributed by atoms with Crippen LogP contribution in [0.15, 0.2) is 17.1 Å². The third-order valence-corrected chi connectivity index (χ3v) is 3.63. The van der Waals surface area contributed by atoms with Gasteiger partial charge in [-0.05, 0) is 32.9 Å². The molecule has 1 heterocycles. The normalized spacial score (nSPS) is 15.7. The van der Waals surface area contributed by atoms with Crippen LogP contribution in [-0.4, -0.2) is 17.5 Å². The van der Waals surface area contributed by atoms with E-state index in [1.54, 1.807) is 0 Å². The first-order chi connectivity index (χ1) is 9.35. The van der Waals surface area contributed by atoms with E-state index in [1.165, 1.54) is 11.8 Å². The van der Waals surface area contributed by atoms with Crippen LogP contribution in [0.5, 0.6) is 5.75 Å². The summed E-state index contributed by atoms with van der Waals surface area (Å²) in [6.07, 6.45) is 0. The molecule has 0 saturated heterocycles. The highest BCUT2D eigenvalue weighted by atomic mass is 35.5. The van der Waals surface area contributed by atoms with Crippen molar-refractivity contribution in [1.82, 2.24) is 0 Å². The minimum atomic E-state index is -0.171. The van der Waals surface area contributed by atoms with Gasteiger partial charge in [-0.1, -0.05) is 23.4 Å². The lowest BCUT2D eigenvalue weighted by Crippen LogP contribution is -2.18. The molecule has 2 rings (SSSR count). The molecule has 0 spiro atoms. The van der Waals surface area contributed by atoms with Gasteiger partial charge < -0.3 is 15.2 Å². The molecular formula is C14H19ClN2O2S. The van der Waals surface area contributed by atoms with Gasteiger partial charge in [0.1, 0.15) is 5.75 Å². The van der Waals surface area contributed by atoms with Gasteiger partial charge in [-0.25, -0.2) is 0 Å². The Kier molecular flexibility index (Phi) is 4.83. The van der Waals surface area contributed by atoms with Crippen molar-refractivity contribution in [1.29, 1.82) is 0 Å². The van der Waals surface area contributed by atoms with Crippen LogP contribution in [-0.2, 0) is 17.1 Å². The number of ether oxygens (including phenoxy) is 2. The van der Waals surface area contributed by atoms with E-state index in [1.807, 2.05) is 32.9 Å². The molecule has 0 aromatic heterocycles. The second-order valence-corrected chi connectivity index (χ2v) is 7.01. The van der Waals surface area contributed by atoms with Crippen molar-refractivity contribution in [2.24, 2.45) is 10.7 Å². The standard InChI is InChI=1S/C14H19ClN2O2S/c1-14(2,3)17-13(16)20-7-10-5-11(15)4-9-6-18-8-19-12(9)10/h4-5H,6-8H2,1-3H3,(H2,16,17). The molecule has 1 aliphatic rings. The average Bonchev–Trinajstić information content (AvgIpc) is 2.33. The first-order valence-electron chi connectivity index (χ1n) is 6.35. The van der Waals surface area contributed by atoms with Crippen LogP contribution >= 0.6 is 23.4 Å². The third-order valence-electron chi connectivity index (χ3n) is 2.57. The number of fused-ring (bicyclic) bond motifs is 1. The molecule has 1 aromatic carbocycles. The van der Waals surface area contributed by atoms with E-state index >= 15 is 0 Å². The molecule has 4 nitrogen and oxygen atoms in total. The highest BCUT2D eigenvalue weighted by Crippen LogP contribution is 2.33. The SMILES string of the molecule is CC(C)(C)N=C(N)SCc1cc(Cl)cc2c1OCOC2. The number of benzene rings is 1. The van der Waals surface area contributed by atoms with E-state index in [0.717, 1.165) is 16.9 Å². The second-order valence-electron chi connectivity index (χ2n) is 5.57. The number of hydrogen-bond acceptors (Lipinski definition) is 4. The molecule has 1 aliphatic heterocycles. The summed E-state index contributed by atoms with van der Waals surface area (Å²) < 4.78 is 10.8. The minimum Gasteiger partial charge on any atom is -0.467 e. The van der Waals surface area contributed by atoms with Crippen molar-refractivity contribution in [3.8, 4) is 5.75 Å². The number of amidine groups is 1. The predicted octanol–water partition coefficient (Wildman–Crippen LogP) is 3.55. The fraction of sp³-hybridized carbons (Fsp3) is 0.500. The van der Waals surface area contributed by atoms with Crippen molar-refractivity contribution >= 4 is 28.5 Å². The van der Waals surface area contributed by atoms with E-state index < -0.39 is 0 Å². The summed E-state index contributed by atoms with van der Waals surface area (Å²) in [6.45, 7) is 6.85. The molecule has 0 bridgehead atoms. The van der Waals surface area contributed by atoms with E-state index in [2.05, 4.69) is 4.99 Å². The van der Waals surface area contributed by atoms with E-state index in [9.17, 15) is 0 Å². The molecule has 20 heavy (non-hydrogen) atoms. The number of hydrogen-bond donors (Lipinski definition) is 1. The van der Waals surface area contributed by atoms with Crippen LogP contribution in [0.4, 0.5) is 0 Å². The molecule has 110 valence electrons. The fourth-order valence-electron chi connectivity index (χ4n) is 1.88. The largest absolute Gasteiger partial charge is 0.467 e. The third kappa shape index (κ3) is 4.30. The second kappa shape index (κ2) is 6.24. The van der Waals surface area contributed by atoms with Crippen LogP contribution in [0.3, 0.4) is 0 Å². The van der Waals surface area contributed by atoms with E-state index in [-0.39, 0.29) is 12.3 Å². The van der Waals surface area contributed by atoms with Crippen LogP contribution < -0.4 is 10.5 Å². The fourth-order valence-corrected chi connectivity index (χ4v) is 3.00. The molecule has 0 aliphatic carbocycles. The summed E-state index contributed by atoms with van der Waals surface area (Å²) in [7, 11) is 0. The number of thioether (sulfide) groups is 1. The van der Waals surface area contributed by atoms with Gasteiger partial charge >= 0.3 is 0 Å². The van der Waals surface area contributed by atoms with E-state index in [4.69, 9.17) is 26.8 Å². The summed E-state index contributed by atoms with van der Waals surface area (Å²) in [4.78, 5) is 4.42. The summed E-state index contributed by atoms with van der Waals surface area (Å²) in [5, 5.41) is 1.25. The topological polar surface area (TPSA) is 56.8 Å². The highest BCUT2D eigenvalue weighted by molar-refractivity contribution is 8.13. The lowest BCUT2D eigenvalue weighted by atomic mass is 10.1. The van der Waals surface area contributed by atoms with Crippen LogP contribution in [0.1, 0.15) is 31.9 Å². The Labute approximate surface area is 128 Å². The first kappa shape index (κ1) is 15.5. The van der Waals surface area contributed by atoms with Gasteiger partial charge in [0.25, 0.3) is 0 Å². The quantitative estimate of drug-likeness (QED) is 0.670.